The summed E-state index contributed by atoms with van der Waals surface area (Å²) in [5.74, 6) is -0.249. The first-order valence-electron chi connectivity index (χ1n) is 6.48. The van der Waals surface area contributed by atoms with E-state index in [9.17, 15) is 10.1 Å². The predicted octanol–water partition coefficient (Wildman–Crippen LogP) is 2.89. The van der Waals surface area contributed by atoms with Crippen LogP contribution in [0.4, 0.5) is 11.5 Å². The van der Waals surface area contributed by atoms with Crippen LogP contribution in [0.1, 0.15) is 12.8 Å². The molecule has 0 atom stereocenters. The SMILES string of the molecule is CO[C@H]1C[C@H](Nc2c([N+](=O)[O-])nnc3ccc(Br)cc23)C1. The number of halogens is 1. The Labute approximate surface area is 129 Å². The van der Waals surface area contributed by atoms with Gasteiger partial charge >= 0.3 is 5.82 Å². The molecule has 1 aromatic heterocycles. The van der Waals surface area contributed by atoms with Crippen molar-refractivity contribution in [3.8, 4) is 0 Å². The minimum Gasteiger partial charge on any atom is -0.381 e. The van der Waals surface area contributed by atoms with Gasteiger partial charge in [-0.05, 0) is 41.1 Å². The minimum absolute atomic E-state index is 0.153. The van der Waals surface area contributed by atoms with Gasteiger partial charge in [0.15, 0.2) is 0 Å². The zero-order valence-electron chi connectivity index (χ0n) is 11.2. The molecule has 0 aliphatic heterocycles. The molecule has 1 aliphatic carbocycles. The molecule has 0 unspecified atom stereocenters. The minimum atomic E-state index is -0.512. The maximum atomic E-state index is 11.2. The summed E-state index contributed by atoms with van der Waals surface area (Å²) in [6.07, 6.45) is 1.87. The number of hydrogen-bond donors (Lipinski definition) is 1. The molecule has 1 N–H and O–H groups in total. The van der Waals surface area contributed by atoms with Gasteiger partial charge < -0.3 is 20.2 Å². The standard InChI is InChI=1S/C13H13BrN4O3/c1-21-9-5-8(6-9)15-12-10-4-7(14)2-3-11(10)16-17-13(12)18(19)20/h2-4,8-9H,5-6H2,1H3,(H,15,16)/t8-,9-. The molecule has 0 radical (unpaired) electrons. The van der Waals surface area contributed by atoms with Crippen LogP contribution in [-0.4, -0.2) is 34.4 Å². The van der Waals surface area contributed by atoms with E-state index in [1.54, 1.807) is 13.2 Å². The van der Waals surface area contributed by atoms with Crippen molar-refractivity contribution >= 4 is 38.3 Å². The first-order chi connectivity index (χ1) is 10.1. The van der Waals surface area contributed by atoms with Crippen molar-refractivity contribution in [1.82, 2.24) is 10.2 Å². The fourth-order valence-corrected chi connectivity index (χ4v) is 2.78. The summed E-state index contributed by atoms with van der Waals surface area (Å²) >= 11 is 3.38. The van der Waals surface area contributed by atoms with E-state index in [0.29, 0.717) is 16.6 Å². The van der Waals surface area contributed by atoms with Crippen LogP contribution in [-0.2, 0) is 4.74 Å². The Morgan fingerprint density at radius 3 is 2.86 bits per heavy atom. The molecule has 1 aliphatic rings. The van der Waals surface area contributed by atoms with E-state index in [-0.39, 0.29) is 18.0 Å². The number of nitrogens with one attached hydrogen (secondary N) is 1. The molecule has 21 heavy (non-hydrogen) atoms. The van der Waals surface area contributed by atoms with E-state index in [1.807, 2.05) is 12.1 Å². The van der Waals surface area contributed by atoms with Gasteiger partial charge in [-0.15, -0.1) is 0 Å². The second-order valence-corrected chi connectivity index (χ2v) is 5.90. The summed E-state index contributed by atoms with van der Waals surface area (Å²) in [7, 11) is 1.67. The molecule has 0 amide bonds. The van der Waals surface area contributed by atoms with Gasteiger partial charge in [0.25, 0.3) is 0 Å². The summed E-state index contributed by atoms with van der Waals surface area (Å²) in [6.45, 7) is 0. The fourth-order valence-electron chi connectivity index (χ4n) is 2.42. The van der Waals surface area contributed by atoms with E-state index in [1.165, 1.54) is 0 Å². The van der Waals surface area contributed by atoms with E-state index < -0.39 is 4.92 Å². The van der Waals surface area contributed by atoms with Gasteiger partial charge in [0.05, 0.1) is 11.2 Å². The Hall–Kier alpha value is -1.80. The van der Waals surface area contributed by atoms with Crippen LogP contribution in [0.15, 0.2) is 22.7 Å². The van der Waals surface area contributed by atoms with Crippen molar-refractivity contribution in [3.63, 3.8) is 0 Å². The zero-order valence-corrected chi connectivity index (χ0v) is 12.8. The molecule has 1 aromatic carbocycles. The number of rotatable bonds is 4. The van der Waals surface area contributed by atoms with Gasteiger partial charge in [-0.3, -0.25) is 0 Å². The van der Waals surface area contributed by atoms with Gasteiger partial charge in [0.2, 0.25) is 0 Å². The lowest BCUT2D eigenvalue weighted by molar-refractivity contribution is -0.389. The number of benzene rings is 1. The zero-order chi connectivity index (χ0) is 15.0. The molecule has 1 heterocycles. The number of ether oxygens (including phenoxy) is 1. The van der Waals surface area contributed by atoms with Crippen molar-refractivity contribution in [1.29, 1.82) is 0 Å². The van der Waals surface area contributed by atoms with Gasteiger partial charge in [0.1, 0.15) is 11.2 Å². The van der Waals surface area contributed by atoms with Gasteiger partial charge in [-0.25, -0.2) is 0 Å². The van der Waals surface area contributed by atoms with Crippen molar-refractivity contribution in [2.75, 3.05) is 12.4 Å². The third-order valence-corrected chi connectivity index (χ3v) is 4.15. The fraction of sp³-hybridized carbons (Fsp3) is 0.385. The summed E-state index contributed by atoms with van der Waals surface area (Å²) < 4.78 is 6.07. The summed E-state index contributed by atoms with van der Waals surface area (Å²) in [5, 5.41) is 22.7. The van der Waals surface area contributed by atoms with E-state index in [4.69, 9.17) is 4.74 Å². The number of nitrogens with zero attached hydrogens (tertiary/aromatic N) is 3. The van der Waals surface area contributed by atoms with Crippen LogP contribution in [0.3, 0.4) is 0 Å². The Balaban J connectivity index is 2.02. The highest BCUT2D eigenvalue weighted by molar-refractivity contribution is 9.10. The van der Waals surface area contributed by atoms with Crippen LogP contribution in [0.2, 0.25) is 0 Å². The maximum absolute atomic E-state index is 11.2. The molecule has 8 heteroatoms. The van der Waals surface area contributed by atoms with Gasteiger partial charge in [0, 0.05) is 23.0 Å². The molecule has 1 saturated carbocycles. The quantitative estimate of drug-likeness (QED) is 0.671. The lowest BCUT2D eigenvalue weighted by Crippen LogP contribution is -2.40. The highest BCUT2D eigenvalue weighted by Crippen LogP contribution is 2.35. The van der Waals surface area contributed by atoms with E-state index in [2.05, 4.69) is 31.4 Å². The molecule has 0 saturated heterocycles. The second kappa shape index (κ2) is 5.53. The molecule has 1 fully saturated rings. The van der Waals surface area contributed by atoms with E-state index >= 15 is 0 Å². The number of methoxy groups -OCH3 is 1. The first-order valence-corrected chi connectivity index (χ1v) is 7.27. The van der Waals surface area contributed by atoms with Crippen molar-refractivity contribution < 1.29 is 9.66 Å². The molecule has 110 valence electrons. The maximum Gasteiger partial charge on any atom is 0.414 e. The van der Waals surface area contributed by atoms with Crippen molar-refractivity contribution in [2.24, 2.45) is 0 Å². The topological polar surface area (TPSA) is 90.2 Å². The highest BCUT2D eigenvalue weighted by Gasteiger charge is 2.32. The molecular formula is C13H13BrN4O3. The predicted molar refractivity (Wildman–Crippen MR) is 81.3 cm³/mol. The largest absolute Gasteiger partial charge is 0.414 e. The summed E-state index contributed by atoms with van der Waals surface area (Å²) in [5.41, 5.74) is 1.04. The number of hydrogen-bond acceptors (Lipinski definition) is 6. The molecule has 0 bridgehead atoms. The molecular weight excluding hydrogens is 340 g/mol. The van der Waals surface area contributed by atoms with Crippen molar-refractivity contribution in [3.05, 3.63) is 32.8 Å². The van der Waals surface area contributed by atoms with Gasteiger partial charge in [-0.1, -0.05) is 15.9 Å². The molecule has 2 aromatic rings. The number of fused-ring (bicyclic) bond motifs is 1. The van der Waals surface area contributed by atoms with Crippen LogP contribution in [0.25, 0.3) is 10.9 Å². The van der Waals surface area contributed by atoms with Crippen LogP contribution in [0, 0.1) is 10.1 Å². The third kappa shape index (κ3) is 2.68. The second-order valence-electron chi connectivity index (χ2n) is 4.99. The summed E-state index contributed by atoms with van der Waals surface area (Å²) in [4.78, 5) is 10.7. The molecule has 3 rings (SSSR count). The Kier molecular flexibility index (Phi) is 3.73. The molecule has 7 nitrogen and oxygen atoms in total. The number of aromatic nitrogens is 2. The first kappa shape index (κ1) is 14.2. The lowest BCUT2D eigenvalue weighted by Gasteiger charge is -2.35. The van der Waals surface area contributed by atoms with E-state index in [0.717, 1.165) is 17.3 Å². The Morgan fingerprint density at radius 1 is 1.43 bits per heavy atom. The van der Waals surface area contributed by atoms with Crippen LogP contribution in [0.5, 0.6) is 0 Å². The lowest BCUT2D eigenvalue weighted by atomic mass is 9.89. The number of anilines is 1. The monoisotopic (exact) mass is 352 g/mol. The number of nitro groups is 1. The Morgan fingerprint density at radius 2 is 2.19 bits per heavy atom. The Bertz CT molecular complexity index is 703. The van der Waals surface area contributed by atoms with Crippen LogP contribution < -0.4 is 5.32 Å². The molecule has 0 spiro atoms. The van der Waals surface area contributed by atoms with Crippen molar-refractivity contribution in [2.45, 2.75) is 25.0 Å². The average molecular weight is 353 g/mol. The summed E-state index contributed by atoms with van der Waals surface area (Å²) in [6, 6.07) is 5.57. The normalized spacial score (nSPS) is 21.0. The highest BCUT2D eigenvalue weighted by atomic mass is 79.9. The van der Waals surface area contributed by atoms with Gasteiger partial charge in [-0.2, -0.15) is 0 Å². The third-order valence-electron chi connectivity index (χ3n) is 3.65. The average Bonchev–Trinajstić information content (AvgIpc) is 2.41. The van der Waals surface area contributed by atoms with Crippen LogP contribution >= 0.6 is 15.9 Å². The smallest absolute Gasteiger partial charge is 0.381 e.